The zero-order valence-electron chi connectivity index (χ0n) is 12.2. The summed E-state index contributed by atoms with van der Waals surface area (Å²) in [7, 11) is 1.26. The number of esters is 1. The lowest BCUT2D eigenvalue weighted by Gasteiger charge is -2.10. The summed E-state index contributed by atoms with van der Waals surface area (Å²) in [6, 6.07) is 9.28. The van der Waals surface area contributed by atoms with Crippen molar-refractivity contribution in [3.05, 3.63) is 72.0 Å². The lowest BCUT2D eigenvalue weighted by Crippen LogP contribution is -2.29. The first-order valence-electron chi connectivity index (χ1n) is 6.82. The maximum absolute atomic E-state index is 11.8. The Kier molecular flexibility index (Phi) is 5.54. The van der Waals surface area contributed by atoms with Gasteiger partial charge in [-0.1, -0.05) is 54.6 Å². The van der Waals surface area contributed by atoms with E-state index in [9.17, 15) is 9.59 Å². The summed E-state index contributed by atoms with van der Waals surface area (Å²) in [4.78, 5) is 23.5. The molecule has 0 bridgehead atoms. The molecule has 2 rings (SSSR count). The van der Waals surface area contributed by atoms with Crippen LogP contribution >= 0.6 is 0 Å². The highest BCUT2D eigenvalue weighted by molar-refractivity contribution is 5.92. The molecule has 0 heterocycles. The average Bonchev–Trinajstić information content (AvgIpc) is 3.05. The predicted molar refractivity (Wildman–Crippen MR) is 81.6 cm³/mol. The Balaban J connectivity index is 1.94. The standard InChI is InChI=1S/C17H17NO4/c1-21-16(19)15(11-13-7-5-6-8-13)18-17(20)22-12-14-9-3-2-4-10-14/h2-11,13H,12H2,1H3,(H,18,20)/b15-11-. The van der Waals surface area contributed by atoms with Gasteiger partial charge in [0.25, 0.3) is 0 Å². The second-order valence-corrected chi connectivity index (χ2v) is 4.61. The van der Waals surface area contributed by atoms with Gasteiger partial charge < -0.3 is 9.47 Å². The van der Waals surface area contributed by atoms with Crippen molar-refractivity contribution in [3.8, 4) is 0 Å². The lowest BCUT2D eigenvalue weighted by molar-refractivity contribution is -0.136. The highest BCUT2D eigenvalue weighted by Crippen LogP contribution is 2.13. The van der Waals surface area contributed by atoms with Crippen LogP contribution in [0.15, 0.2) is 66.4 Å². The third-order valence-corrected chi connectivity index (χ3v) is 2.99. The van der Waals surface area contributed by atoms with Crippen molar-refractivity contribution in [3.63, 3.8) is 0 Å². The number of benzene rings is 1. The fourth-order valence-corrected chi connectivity index (χ4v) is 1.89. The molecule has 0 aromatic heterocycles. The first-order chi connectivity index (χ1) is 10.7. The smallest absolute Gasteiger partial charge is 0.412 e. The van der Waals surface area contributed by atoms with Gasteiger partial charge in [-0.15, -0.1) is 0 Å². The van der Waals surface area contributed by atoms with E-state index in [4.69, 9.17) is 4.74 Å². The summed E-state index contributed by atoms with van der Waals surface area (Å²) >= 11 is 0. The number of ether oxygens (including phenoxy) is 2. The summed E-state index contributed by atoms with van der Waals surface area (Å²) in [5, 5.41) is 2.42. The van der Waals surface area contributed by atoms with Gasteiger partial charge in [0.2, 0.25) is 0 Å². The minimum atomic E-state index is -0.702. The molecule has 0 spiro atoms. The maximum Gasteiger partial charge on any atom is 0.412 e. The molecule has 114 valence electrons. The molecule has 0 radical (unpaired) electrons. The Morgan fingerprint density at radius 1 is 1.18 bits per heavy atom. The molecular weight excluding hydrogens is 282 g/mol. The molecule has 22 heavy (non-hydrogen) atoms. The van der Waals surface area contributed by atoms with Crippen LogP contribution in [0.5, 0.6) is 0 Å². The molecule has 0 saturated carbocycles. The molecule has 5 nitrogen and oxygen atoms in total. The van der Waals surface area contributed by atoms with E-state index in [0.717, 1.165) is 5.56 Å². The molecule has 1 amide bonds. The van der Waals surface area contributed by atoms with Gasteiger partial charge in [0, 0.05) is 5.92 Å². The van der Waals surface area contributed by atoms with Crippen LogP contribution in [0.4, 0.5) is 4.79 Å². The van der Waals surface area contributed by atoms with Gasteiger partial charge in [0.05, 0.1) is 7.11 Å². The van der Waals surface area contributed by atoms with Gasteiger partial charge in [-0.05, 0) is 11.6 Å². The molecule has 0 saturated heterocycles. The van der Waals surface area contributed by atoms with Crippen LogP contribution in [-0.4, -0.2) is 19.2 Å². The fourth-order valence-electron chi connectivity index (χ4n) is 1.89. The topological polar surface area (TPSA) is 64.6 Å². The highest BCUT2D eigenvalue weighted by atomic mass is 16.6. The molecule has 1 aromatic carbocycles. The quantitative estimate of drug-likeness (QED) is 0.670. The summed E-state index contributed by atoms with van der Waals surface area (Å²) in [6.45, 7) is 0.129. The van der Waals surface area contributed by atoms with Gasteiger partial charge in [0.15, 0.2) is 0 Å². The SMILES string of the molecule is COC(=O)/C(=C/C1C=CC=C1)NC(=O)OCc1ccccc1. The van der Waals surface area contributed by atoms with Crippen LogP contribution in [0, 0.1) is 5.92 Å². The Hall–Kier alpha value is -2.82. The summed E-state index contributed by atoms with van der Waals surface area (Å²) in [5.74, 6) is -0.672. The van der Waals surface area contributed by atoms with Crippen LogP contribution in [-0.2, 0) is 20.9 Å². The van der Waals surface area contributed by atoms with Crippen molar-refractivity contribution in [2.75, 3.05) is 7.11 Å². The van der Waals surface area contributed by atoms with Gasteiger partial charge in [-0.25, -0.2) is 9.59 Å². The van der Waals surface area contributed by atoms with Crippen LogP contribution < -0.4 is 5.32 Å². The number of hydrogen-bond acceptors (Lipinski definition) is 4. The molecule has 1 aromatic rings. The second kappa shape index (κ2) is 7.83. The summed E-state index contributed by atoms with van der Waals surface area (Å²) < 4.78 is 9.74. The Morgan fingerprint density at radius 3 is 2.50 bits per heavy atom. The van der Waals surface area contributed by atoms with Crippen LogP contribution in [0.3, 0.4) is 0 Å². The number of nitrogens with one attached hydrogen (secondary N) is 1. The zero-order chi connectivity index (χ0) is 15.8. The van der Waals surface area contributed by atoms with E-state index < -0.39 is 12.1 Å². The molecule has 0 aliphatic heterocycles. The van der Waals surface area contributed by atoms with Gasteiger partial charge in [-0.2, -0.15) is 0 Å². The van der Waals surface area contributed by atoms with E-state index in [-0.39, 0.29) is 18.2 Å². The Bertz CT molecular complexity index is 605. The third kappa shape index (κ3) is 4.63. The highest BCUT2D eigenvalue weighted by Gasteiger charge is 2.16. The summed E-state index contributed by atoms with van der Waals surface area (Å²) in [5.41, 5.74) is 0.921. The molecule has 1 aliphatic carbocycles. The first-order valence-corrected chi connectivity index (χ1v) is 6.82. The maximum atomic E-state index is 11.8. The molecule has 1 aliphatic rings. The van der Waals surface area contributed by atoms with E-state index in [1.807, 2.05) is 54.6 Å². The van der Waals surface area contributed by atoms with E-state index in [1.54, 1.807) is 6.08 Å². The number of carbonyl (C=O) groups excluding carboxylic acids is 2. The normalized spacial score (nSPS) is 14.0. The second-order valence-electron chi connectivity index (χ2n) is 4.61. The Labute approximate surface area is 128 Å². The number of alkyl carbamates (subject to hydrolysis) is 1. The van der Waals surface area contributed by atoms with Gasteiger partial charge in [-0.3, -0.25) is 5.32 Å². The number of amides is 1. The minimum absolute atomic E-state index is 0.0523. The molecular formula is C17H17NO4. The number of rotatable bonds is 5. The minimum Gasteiger partial charge on any atom is -0.464 e. The first kappa shape index (κ1) is 15.6. The van der Waals surface area contributed by atoms with Crippen molar-refractivity contribution in [2.45, 2.75) is 6.61 Å². The van der Waals surface area contributed by atoms with Crippen LogP contribution in [0.2, 0.25) is 0 Å². The lowest BCUT2D eigenvalue weighted by atomic mass is 10.1. The number of allylic oxidation sites excluding steroid dienone is 5. The molecule has 0 unspecified atom stereocenters. The summed E-state index contributed by atoms with van der Waals surface area (Å²) in [6.07, 6.45) is 8.41. The average molecular weight is 299 g/mol. The van der Waals surface area contributed by atoms with Gasteiger partial charge in [0.1, 0.15) is 12.3 Å². The van der Waals surface area contributed by atoms with Crippen LogP contribution in [0.25, 0.3) is 0 Å². The van der Waals surface area contributed by atoms with Crippen molar-refractivity contribution >= 4 is 12.1 Å². The number of hydrogen-bond donors (Lipinski definition) is 1. The van der Waals surface area contributed by atoms with Crippen molar-refractivity contribution in [1.29, 1.82) is 0 Å². The van der Waals surface area contributed by atoms with E-state index in [0.29, 0.717) is 0 Å². The third-order valence-electron chi connectivity index (χ3n) is 2.99. The van der Waals surface area contributed by atoms with E-state index in [1.165, 1.54) is 7.11 Å². The van der Waals surface area contributed by atoms with Crippen molar-refractivity contribution in [1.82, 2.24) is 5.32 Å². The molecule has 5 heteroatoms. The fraction of sp³-hybridized carbons (Fsp3) is 0.176. The van der Waals surface area contributed by atoms with Crippen molar-refractivity contribution in [2.24, 2.45) is 5.92 Å². The molecule has 0 atom stereocenters. The van der Waals surface area contributed by atoms with Gasteiger partial charge >= 0.3 is 12.1 Å². The monoisotopic (exact) mass is 299 g/mol. The number of carbonyl (C=O) groups is 2. The number of methoxy groups -OCH3 is 1. The largest absolute Gasteiger partial charge is 0.464 e. The van der Waals surface area contributed by atoms with E-state index in [2.05, 4.69) is 10.1 Å². The van der Waals surface area contributed by atoms with Crippen LogP contribution in [0.1, 0.15) is 5.56 Å². The van der Waals surface area contributed by atoms with E-state index >= 15 is 0 Å². The molecule has 0 fully saturated rings. The zero-order valence-corrected chi connectivity index (χ0v) is 12.2. The predicted octanol–water partition coefficient (Wildman–Crippen LogP) is 2.71. The Morgan fingerprint density at radius 2 is 1.86 bits per heavy atom. The van der Waals surface area contributed by atoms with Crippen molar-refractivity contribution < 1.29 is 19.1 Å². The molecule has 1 N–H and O–H groups in total.